The quantitative estimate of drug-likeness (QED) is 0.907. The van der Waals surface area contributed by atoms with Crippen molar-refractivity contribution in [1.82, 2.24) is 4.98 Å². The predicted octanol–water partition coefficient (Wildman–Crippen LogP) is 4.06. The van der Waals surface area contributed by atoms with Crippen LogP contribution in [0.1, 0.15) is 0 Å². The molecule has 88 valence electrons. The third kappa shape index (κ3) is 3.33. The van der Waals surface area contributed by atoms with Crippen LogP contribution in [0.5, 0.6) is 5.75 Å². The number of thiophene rings is 1. The van der Waals surface area contributed by atoms with Crippen LogP contribution in [0.2, 0.25) is 8.67 Å². The topological polar surface area (TPSA) is 51.2 Å². The smallest absolute Gasteiger partial charge is 0.408 e. The highest BCUT2D eigenvalue weighted by Crippen LogP contribution is 2.35. The number of ether oxygens (including phenoxy) is 1. The monoisotopic (exact) mass is 288 g/mol. The van der Waals surface area contributed by atoms with E-state index in [-0.39, 0.29) is 0 Å². The number of carbonyl (C=O) groups is 1. The van der Waals surface area contributed by atoms with Crippen LogP contribution >= 0.6 is 34.5 Å². The number of halogens is 2. The lowest BCUT2D eigenvalue weighted by molar-refractivity contribution is 0.215. The first-order chi connectivity index (χ1) is 8.15. The van der Waals surface area contributed by atoms with Crippen molar-refractivity contribution in [3.8, 4) is 5.75 Å². The molecule has 0 saturated carbocycles. The maximum absolute atomic E-state index is 11.5. The summed E-state index contributed by atoms with van der Waals surface area (Å²) in [7, 11) is 0. The fourth-order valence-corrected chi connectivity index (χ4v) is 2.45. The van der Waals surface area contributed by atoms with Gasteiger partial charge in [-0.25, -0.2) is 4.79 Å². The molecule has 2 aromatic heterocycles. The first-order valence-corrected chi connectivity index (χ1v) is 6.06. The van der Waals surface area contributed by atoms with Crippen LogP contribution < -0.4 is 10.1 Å². The second-order valence-electron chi connectivity index (χ2n) is 2.94. The lowest BCUT2D eigenvalue weighted by Gasteiger charge is -2.04. The van der Waals surface area contributed by atoms with Gasteiger partial charge in [0, 0.05) is 6.20 Å². The van der Waals surface area contributed by atoms with Crippen molar-refractivity contribution in [2.75, 3.05) is 5.32 Å². The van der Waals surface area contributed by atoms with Crippen LogP contribution in [-0.4, -0.2) is 11.1 Å². The molecule has 7 heteroatoms. The van der Waals surface area contributed by atoms with E-state index in [1.165, 1.54) is 17.5 Å². The Morgan fingerprint density at radius 3 is 2.88 bits per heavy atom. The molecule has 0 spiro atoms. The van der Waals surface area contributed by atoms with E-state index in [0.29, 0.717) is 20.1 Å². The average molecular weight is 289 g/mol. The zero-order valence-electron chi connectivity index (χ0n) is 8.31. The molecule has 0 saturated heterocycles. The van der Waals surface area contributed by atoms with Crippen LogP contribution in [-0.2, 0) is 0 Å². The molecule has 2 aromatic rings. The van der Waals surface area contributed by atoms with E-state index >= 15 is 0 Å². The van der Waals surface area contributed by atoms with Gasteiger partial charge in [0.1, 0.15) is 4.34 Å². The van der Waals surface area contributed by atoms with Crippen molar-refractivity contribution < 1.29 is 9.53 Å². The van der Waals surface area contributed by atoms with Gasteiger partial charge in [-0.3, -0.25) is 10.3 Å². The second kappa shape index (κ2) is 5.35. The Labute approximate surface area is 111 Å². The molecule has 17 heavy (non-hydrogen) atoms. The van der Waals surface area contributed by atoms with E-state index in [1.807, 2.05) is 0 Å². The second-order valence-corrected chi connectivity index (χ2v) is 5.23. The molecule has 0 bridgehead atoms. The number of hydrogen-bond acceptors (Lipinski definition) is 4. The molecular weight excluding hydrogens is 283 g/mol. The molecule has 0 aliphatic carbocycles. The fourth-order valence-electron chi connectivity index (χ4n) is 1.08. The third-order valence-corrected chi connectivity index (χ3v) is 3.23. The van der Waals surface area contributed by atoms with Crippen LogP contribution in [0.15, 0.2) is 30.6 Å². The predicted molar refractivity (Wildman–Crippen MR) is 68.2 cm³/mol. The van der Waals surface area contributed by atoms with Crippen molar-refractivity contribution in [2.24, 2.45) is 0 Å². The number of amides is 1. The summed E-state index contributed by atoms with van der Waals surface area (Å²) < 4.78 is 5.87. The number of rotatable bonds is 2. The van der Waals surface area contributed by atoms with Crippen molar-refractivity contribution >= 4 is 46.3 Å². The number of carbonyl (C=O) groups excluding carboxylic acids is 1. The zero-order chi connectivity index (χ0) is 12.3. The van der Waals surface area contributed by atoms with E-state index in [9.17, 15) is 4.79 Å². The summed E-state index contributed by atoms with van der Waals surface area (Å²) >= 11 is 12.8. The molecule has 0 aliphatic rings. The molecule has 1 amide bonds. The molecule has 1 N–H and O–H groups in total. The lowest BCUT2D eigenvalue weighted by atomic mass is 10.5. The van der Waals surface area contributed by atoms with Gasteiger partial charge in [-0.1, -0.05) is 23.2 Å². The van der Waals surface area contributed by atoms with Gasteiger partial charge >= 0.3 is 6.09 Å². The summed E-state index contributed by atoms with van der Waals surface area (Å²) in [5.41, 5.74) is 0.426. The molecule has 0 fully saturated rings. The van der Waals surface area contributed by atoms with E-state index < -0.39 is 6.09 Å². The summed E-state index contributed by atoms with van der Waals surface area (Å²) in [5, 5.41) is 2.48. The summed E-state index contributed by atoms with van der Waals surface area (Å²) in [6, 6.07) is 4.84. The van der Waals surface area contributed by atoms with Crippen molar-refractivity contribution in [1.29, 1.82) is 0 Å². The number of aromatic nitrogens is 1. The zero-order valence-corrected chi connectivity index (χ0v) is 10.6. The Kier molecular flexibility index (Phi) is 3.83. The highest BCUT2D eigenvalue weighted by atomic mass is 35.5. The van der Waals surface area contributed by atoms with Gasteiger partial charge in [-0.2, -0.15) is 0 Å². The van der Waals surface area contributed by atoms with Gasteiger partial charge in [-0.15, -0.1) is 11.3 Å². The first kappa shape index (κ1) is 12.2. The number of hydrogen-bond donors (Lipinski definition) is 1. The maximum Gasteiger partial charge on any atom is 0.417 e. The van der Waals surface area contributed by atoms with Gasteiger partial charge in [-0.05, 0) is 18.2 Å². The summed E-state index contributed by atoms with van der Waals surface area (Å²) in [6.45, 7) is 0. The van der Waals surface area contributed by atoms with Gasteiger partial charge < -0.3 is 4.74 Å². The van der Waals surface area contributed by atoms with Gasteiger partial charge in [0.2, 0.25) is 0 Å². The number of pyridine rings is 1. The molecule has 4 nitrogen and oxygen atoms in total. The summed E-state index contributed by atoms with van der Waals surface area (Å²) in [5.74, 6) is 0.349. The Morgan fingerprint density at radius 2 is 2.29 bits per heavy atom. The molecular formula is C10H6Cl2N2O2S. The highest BCUT2D eigenvalue weighted by Gasteiger charge is 2.10. The van der Waals surface area contributed by atoms with Gasteiger partial charge in [0.05, 0.1) is 16.2 Å². The van der Waals surface area contributed by atoms with E-state index in [0.717, 1.165) is 0 Å². The molecule has 0 aromatic carbocycles. The Hall–Kier alpha value is -1.30. The number of nitrogens with one attached hydrogen (secondary N) is 1. The fraction of sp³-hybridized carbons (Fsp3) is 0. The normalized spacial score (nSPS) is 10.0. The van der Waals surface area contributed by atoms with Gasteiger partial charge in [0.15, 0.2) is 5.75 Å². The molecule has 0 unspecified atom stereocenters. The highest BCUT2D eigenvalue weighted by molar-refractivity contribution is 7.20. The number of nitrogens with zero attached hydrogens (tertiary/aromatic N) is 1. The average Bonchev–Trinajstić information content (AvgIpc) is 2.58. The molecule has 0 aliphatic heterocycles. The van der Waals surface area contributed by atoms with Crippen LogP contribution in [0, 0.1) is 0 Å². The largest absolute Gasteiger partial charge is 0.417 e. The summed E-state index contributed by atoms with van der Waals surface area (Å²) in [4.78, 5) is 15.3. The Morgan fingerprint density at radius 1 is 1.47 bits per heavy atom. The van der Waals surface area contributed by atoms with E-state index in [1.54, 1.807) is 24.4 Å². The van der Waals surface area contributed by atoms with Crippen LogP contribution in [0.4, 0.5) is 10.5 Å². The summed E-state index contributed by atoms with van der Waals surface area (Å²) in [6.07, 6.45) is 2.37. The van der Waals surface area contributed by atoms with Crippen molar-refractivity contribution in [3.05, 3.63) is 39.3 Å². The van der Waals surface area contributed by atoms with Crippen molar-refractivity contribution in [2.45, 2.75) is 0 Å². The minimum Gasteiger partial charge on any atom is -0.408 e. The lowest BCUT2D eigenvalue weighted by Crippen LogP contribution is -2.16. The molecule has 2 heterocycles. The van der Waals surface area contributed by atoms with Crippen LogP contribution in [0.3, 0.4) is 0 Å². The SMILES string of the molecule is O=C(Nc1cc(Cl)sc1Cl)Oc1cccnc1. The van der Waals surface area contributed by atoms with E-state index in [4.69, 9.17) is 27.9 Å². The first-order valence-electron chi connectivity index (χ1n) is 4.49. The standard InChI is InChI=1S/C10H6Cl2N2O2S/c11-8-4-7(9(12)17-8)14-10(15)16-6-2-1-3-13-5-6/h1-5H,(H,14,15). The molecule has 0 radical (unpaired) electrons. The minimum atomic E-state index is -0.644. The minimum absolute atomic E-state index is 0.349. The van der Waals surface area contributed by atoms with Crippen molar-refractivity contribution in [3.63, 3.8) is 0 Å². The van der Waals surface area contributed by atoms with Gasteiger partial charge in [0.25, 0.3) is 0 Å². The molecule has 0 atom stereocenters. The Bertz CT molecular complexity index is 530. The maximum atomic E-state index is 11.5. The number of anilines is 1. The Balaban J connectivity index is 2.01. The third-order valence-electron chi connectivity index (χ3n) is 1.74. The van der Waals surface area contributed by atoms with Crippen LogP contribution in [0.25, 0.3) is 0 Å². The van der Waals surface area contributed by atoms with E-state index in [2.05, 4.69) is 10.3 Å². The molecule has 2 rings (SSSR count).